The van der Waals surface area contributed by atoms with Gasteiger partial charge in [0, 0.05) is 6.61 Å². The number of halogens is 2. The Hall–Kier alpha value is -0.490. The molecule has 0 aliphatic heterocycles. The van der Waals surface area contributed by atoms with Crippen molar-refractivity contribution in [3.8, 4) is 0 Å². The smallest absolute Gasteiger partial charge is 0.140 e. The first kappa shape index (κ1) is 13.0. The lowest BCUT2D eigenvalue weighted by Crippen LogP contribution is -2.45. The van der Waals surface area contributed by atoms with Crippen LogP contribution in [-0.2, 0) is 16.8 Å². The Morgan fingerprint density at radius 2 is 2.35 bits per heavy atom. The lowest BCUT2D eigenvalue weighted by atomic mass is 9.94. The lowest BCUT2D eigenvalue weighted by molar-refractivity contribution is -0.108. The van der Waals surface area contributed by atoms with E-state index < -0.39 is 11.8 Å². The third-order valence-corrected chi connectivity index (χ3v) is 3.85. The van der Waals surface area contributed by atoms with E-state index in [9.17, 15) is 9.50 Å². The van der Waals surface area contributed by atoms with Crippen LogP contribution < -0.4 is 5.73 Å². The summed E-state index contributed by atoms with van der Waals surface area (Å²) in [6, 6.07) is 3.29. The fraction of sp³-hybridized carbons (Fsp3) is 0.500. The topological polar surface area (TPSA) is 55.5 Å². The molecule has 1 aliphatic rings. The van der Waals surface area contributed by atoms with E-state index in [2.05, 4.69) is 15.9 Å². The van der Waals surface area contributed by atoms with Crippen LogP contribution in [0.5, 0.6) is 0 Å². The largest absolute Gasteiger partial charge is 0.381 e. The molecule has 0 saturated carbocycles. The highest BCUT2D eigenvalue weighted by Crippen LogP contribution is 2.41. The molecule has 0 radical (unpaired) electrons. The summed E-state index contributed by atoms with van der Waals surface area (Å²) >= 11 is 3.13. The molecule has 0 heterocycles. The van der Waals surface area contributed by atoms with Crippen LogP contribution in [0.25, 0.3) is 0 Å². The molecule has 2 atom stereocenters. The maximum atomic E-state index is 13.9. The van der Waals surface area contributed by atoms with Crippen molar-refractivity contribution >= 4 is 15.9 Å². The molecule has 94 valence electrons. The SMILES string of the molecule is CCOC(N)C1(O)CCc2c1ccc(Br)c2F. The minimum Gasteiger partial charge on any atom is -0.381 e. The predicted octanol–water partition coefficient (Wildman–Crippen LogP) is 2.04. The van der Waals surface area contributed by atoms with Gasteiger partial charge in [0.2, 0.25) is 0 Å². The Bertz CT molecular complexity index is 441. The average molecular weight is 304 g/mol. The summed E-state index contributed by atoms with van der Waals surface area (Å²) in [5.74, 6) is -0.317. The van der Waals surface area contributed by atoms with Crippen molar-refractivity contribution in [1.29, 1.82) is 0 Å². The minimum atomic E-state index is -1.28. The zero-order valence-corrected chi connectivity index (χ0v) is 11.1. The number of nitrogens with two attached hydrogens (primary N) is 1. The first-order valence-electron chi connectivity index (χ1n) is 5.57. The van der Waals surface area contributed by atoms with Gasteiger partial charge in [0.1, 0.15) is 17.6 Å². The Labute approximate surface area is 108 Å². The summed E-state index contributed by atoms with van der Waals surface area (Å²) in [6.07, 6.45) is 0.0312. The standard InChI is InChI=1S/C12H15BrFNO2/c1-2-17-11(15)12(16)6-5-7-8(12)3-4-9(13)10(7)14/h3-4,11,16H,2,5-6,15H2,1H3. The second-order valence-electron chi connectivity index (χ2n) is 4.19. The van der Waals surface area contributed by atoms with Crippen LogP contribution in [-0.4, -0.2) is 17.9 Å². The Kier molecular flexibility index (Phi) is 3.54. The molecule has 0 spiro atoms. The van der Waals surface area contributed by atoms with Gasteiger partial charge in [0.05, 0.1) is 4.47 Å². The highest BCUT2D eigenvalue weighted by molar-refractivity contribution is 9.10. The number of hydrogen-bond donors (Lipinski definition) is 2. The van der Waals surface area contributed by atoms with Crippen molar-refractivity contribution in [3.05, 3.63) is 33.5 Å². The van der Waals surface area contributed by atoms with Crippen LogP contribution in [0.1, 0.15) is 24.5 Å². The molecule has 3 nitrogen and oxygen atoms in total. The Morgan fingerprint density at radius 1 is 1.65 bits per heavy atom. The van der Waals surface area contributed by atoms with Crippen LogP contribution in [0, 0.1) is 5.82 Å². The van der Waals surface area contributed by atoms with Gasteiger partial charge in [-0.25, -0.2) is 4.39 Å². The quantitative estimate of drug-likeness (QED) is 0.840. The third-order valence-electron chi connectivity index (χ3n) is 3.24. The number of benzene rings is 1. The summed E-state index contributed by atoms with van der Waals surface area (Å²) in [5.41, 5.74) is 5.60. The van der Waals surface area contributed by atoms with Gasteiger partial charge < -0.3 is 15.6 Å². The van der Waals surface area contributed by atoms with Crippen molar-refractivity contribution < 1.29 is 14.2 Å². The van der Waals surface area contributed by atoms with E-state index in [0.717, 1.165) is 0 Å². The van der Waals surface area contributed by atoms with E-state index in [0.29, 0.717) is 35.0 Å². The molecule has 0 fully saturated rings. The predicted molar refractivity (Wildman–Crippen MR) is 65.9 cm³/mol. The molecule has 1 aliphatic carbocycles. The van der Waals surface area contributed by atoms with E-state index in [4.69, 9.17) is 10.5 Å². The van der Waals surface area contributed by atoms with Crippen LogP contribution in [0.15, 0.2) is 16.6 Å². The molecule has 0 amide bonds. The van der Waals surface area contributed by atoms with E-state index >= 15 is 0 Å². The number of fused-ring (bicyclic) bond motifs is 1. The normalized spacial score (nSPS) is 24.8. The molecule has 3 N–H and O–H groups in total. The van der Waals surface area contributed by atoms with Crippen LogP contribution in [0.2, 0.25) is 0 Å². The van der Waals surface area contributed by atoms with Crippen molar-refractivity contribution in [2.45, 2.75) is 31.6 Å². The third kappa shape index (κ3) is 2.01. The molecule has 2 unspecified atom stereocenters. The number of rotatable bonds is 3. The monoisotopic (exact) mass is 303 g/mol. The first-order chi connectivity index (χ1) is 8.00. The van der Waals surface area contributed by atoms with E-state index in [1.54, 1.807) is 19.1 Å². The highest BCUT2D eigenvalue weighted by Gasteiger charge is 2.44. The zero-order chi connectivity index (χ0) is 12.6. The second-order valence-corrected chi connectivity index (χ2v) is 5.04. The molecule has 5 heteroatoms. The van der Waals surface area contributed by atoms with Gasteiger partial charge in [0.15, 0.2) is 0 Å². The van der Waals surface area contributed by atoms with E-state index in [1.165, 1.54) is 0 Å². The Balaban J connectivity index is 2.43. The molecule has 2 rings (SSSR count). The highest BCUT2D eigenvalue weighted by atomic mass is 79.9. The summed E-state index contributed by atoms with van der Waals surface area (Å²) in [5, 5.41) is 10.5. The Morgan fingerprint density at radius 3 is 3.00 bits per heavy atom. The molecule has 0 aromatic heterocycles. The number of hydrogen-bond acceptors (Lipinski definition) is 3. The van der Waals surface area contributed by atoms with Gasteiger partial charge in [-0.15, -0.1) is 0 Å². The van der Waals surface area contributed by atoms with Gasteiger partial charge in [-0.05, 0) is 52.9 Å². The van der Waals surface area contributed by atoms with Crippen LogP contribution >= 0.6 is 15.9 Å². The summed E-state index contributed by atoms with van der Waals surface area (Å²) in [7, 11) is 0. The summed E-state index contributed by atoms with van der Waals surface area (Å²) < 4.78 is 19.5. The van der Waals surface area contributed by atoms with Gasteiger partial charge >= 0.3 is 0 Å². The number of ether oxygens (including phenoxy) is 1. The average Bonchev–Trinajstić information content (AvgIpc) is 2.64. The summed E-state index contributed by atoms with van der Waals surface area (Å²) in [6.45, 7) is 2.22. The van der Waals surface area contributed by atoms with Crippen molar-refractivity contribution in [2.75, 3.05) is 6.61 Å². The maximum absolute atomic E-state index is 13.9. The molecule has 1 aromatic rings. The summed E-state index contributed by atoms with van der Waals surface area (Å²) in [4.78, 5) is 0. The van der Waals surface area contributed by atoms with Gasteiger partial charge in [-0.3, -0.25) is 0 Å². The fourth-order valence-corrected chi connectivity index (χ4v) is 2.68. The lowest BCUT2D eigenvalue weighted by Gasteiger charge is -2.30. The zero-order valence-electron chi connectivity index (χ0n) is 9.54. The first-order valence-corrected chi connectivity index (χ1v) is 6.37. The molecule has 17 heavy (non-hydrogen) atoms. The maximum Gasteiger partial charge on any atom is 0.140 e. The minimum absolute atomic E-state index is 0.317. The van der Waals surface area contributed by atoms with Gasteiger partial charge in [-0.2, -0.15) is 0 Å². The van der Waals surface area contributed by atoms with Crippen molar-refractivity contribution in [1.82, 2.24) is 0 Å². The fourth-order valence-electron chi connectivity index (χ4n) is 2.31. The van der Waals surface area contributed by atoms with Gasteiger partial charge in [0.25, 0.3) is 0 Å². The molecule has 0 saturated heterocycles. The molecular weight excluding hydrogens is 289 g/mol. The van der Waals surface area contributed by atoms with Crippen molar-refractivity contribution in [3.63, 3.8) is 0 Å². The van der Waals surface area contributed by atoms with Crippen LogP contribution in [0.3, 0.4) is 0 Å². The van der Waals surface area contributed by atoms with E-state index in [1.807, 2.05) is 0 Å². The molecule has 0 bridgehead atoms. The van der Waals surface area contributed by atoms with Crippen molar-refractivity contribution in [2.24, 2.45) is 5.73 Å². The number of aliphatic hydroxyl groups is 1. The molecule has 1 aromatic carbocycles. The molecular formula is C12H15BrFNO2. The van der Waals surface area contributed by atoms with Crippen LogP contribution in [0.4, 0.5) is 4.39 Å². The van der Waals surface area contributed by atoms with Gasteiger partial charge in [-0.1, -0.05) is 6.07 Å². The van der Waals surface area contributed by atoms with E-state index in [-0.39, 0.29) is 5.82 Å². The second kappa shape index (κ2) is 4.65.